The van der Waals surface area contributed by atoms with Crippen molar-refractivity contribution < 1.29 is 18.7 Å². The van der Waals surface area contributed by atoms with E-state index in [2.05, 4.69) is 0 Å². The number of ether oxygens (including phenoxy) is 1. The van der Waals surface area contributed by atoms with Crippen LogP contribution in [-0.2, 0) is 4.74 Å². The van der Waals surface area contributed by atoms with Crippen LogP contribution in [0.5, 0.6) is 0 Å². The molecule has 0 aromatic heterocycles. The fourth-order valence-corrected chi connectivity index (χ4v) is 3.69. The zero-order valence-electron chi connectivity index (χ0n) is 17.0. The number of hydrogen-bond acceptors (Lipinski definition) is 3. The van der Waals surface area contributed by atoms with Gasteiger partial charge in [0.2, 0.25) is 0 Å². The van der Waals surface area contributed by atoms with Crippen molar-refractivity contribution >= 4 is 35.0 Å². The van der Waals surface area contributed by atoms with Crippen LogP contribution in [0.25, 0.3) is 0 Å². The average molecular weight is 419 g/mol. The molecule has 0 N–H and O–H groups in total. The lowest BCUT2D eigenvalue weighted by Gasteiger charge is -2.42. The monoisotopic (exact) mass is 418 g/mol. The second-order valence-corrected chi connectivity index (χ2v) is 7.51. The SMILES string of the molecule is CCOC(=O)N1c2cc(C)c(C)cc2N(C(=O)c2ccc(F)c(Cl)c2)CC1CC. The molecular weight excluding hydrogens is 395 g/mol. The number of amides is 2. The largest absolute Gasteiger partial charge is 0.449 e. The highest BCUT2D eigenvalue weighted by Crippen LogP contribution is 2.39. The van der Waals surface area contributed by atoms with E-state index in [4.69, 9.17) is 16.3 Å². The fourth-order valence-electron chi connectivity index (χ4n) is 3.51. The van der Waals surface area contributed by atoms with E-state index in [9.17, 15) is 14.0 Å². The van der Waals surface area contributed by atoms with Crippen molar-refractivity contribution in [2.24, 2.45) is 0 Å². The van der Waals surface area contributed by atoms with Gasteiger partial charge in [0.05, 0.1) is 29.0 Å². The second-order valence-electron chi connectivity index (χ2n) is 7.10. The predicted molar refractivity (Wildman–Crippen MR) is 113 cm³/mol. The van der Waals surface area contributed by atoms with Gasteiger partial charge in [-0.2, -0.15) is 0 Å². The summed E-state index contributed by atoms with van der Waals surface area (Å²) in [4.78, 5) is 29.3. The van der Waals surface area contributed by atoms with Crippen LogP contribution in [0.4, 0.5) is 20.6 Å². The van der Waals surface area contributed by atoms with Crippen LogP contribution in [0, 0.1) is 19.7 Å². The van der Waals surface area contributed by atoms with E-state index in [1.165, 1.54) is 18.2 Å². The topological polar surface area (TPSA) is 49.9 Å². The van der Waals surface area contributed by atoms with E-state index in [-0.39, 0.29) is 23.6 Å². The molecule has 1 unspecified atom stereocenters. The zero-order valence-corrected chi connectivity index (χ0v) is 17.7. The van der Waals surface area contributed by atoms with Gasteiger partial charge in [-0.1, -0.05) is 18.5 Å². The number of carbonyl (C=O) groups excluding carboxylic acids is 2. The van der Waals surface area contributed by atoms with Gasteiger partial charge in [0, 0.05) is 12.1 Å². The van der Waals surface area contributed by atoms with E-state index < -0.39 is 11.9 Å². The molecule has 1 aliphatic heterocycles. The van der Waals surface area contributed by atoms with Crippen LogP contribution in [0.3, 0.4) is 0 Å². The first-order valence-electron chi connectivity index (χ1n) is 9.62. The van der Waals surface area contributed by atoms with Crippen molar-refractivity contribution in [3.05, 3.63) is 57.9 Å². The molecular formula is C22H24ClFN2O3. The molecule has 2 aromatic carbocycles. The molecule has 1 aliphatic rings. The van der Waals surface area contributed by atoms with Gasteiger partial charge in [-0.3, -0.25) is 9.69 Å². The molecule has 0 radical (unpaired) electrons. The summed E-state index contributed by atoms with van der Waals surface area (Å²) in [5, 5.41) is -0.103. The molecule has 0 spiro atoms. The van der Waals surface area contributed by atoms with E-state index in [1.807, 2.05) is 32.9 Å². The van der Waals surface area contributed by atoms with Crippen molar-refractivity contribution in [2.75, 3.05) is 23.0 Å². The minimum Gasteiger partial charge on any atom is -0.449 e. The van der Waals surface area contributed by atoms with Crippen molar-refractivity contribution in [3.63, 3.8) is 0 Å². The molecule has 1 atom stereocenters. The number of hydrogen-bond donors (Lipinski definition) is 0. The van der Waals surface area contributed by atoms with Gasteiger partial charge < -0.3 is 9.64 Å². The number of halogens is 2. The molecule has 0 saturated carbocycles. The molecule has 0 bridgehead atoms. The Bertz CT molecular complexity index is 963. The van der Waals surface area contributed by atoms with Gasteiger partial charge in [0.25, 0.3) is 5.91 Å². The number of anilines is 2. The molecule has 3 rings (SSSR count). The molecule has 7 heteroatoms. The number of aryl methyl sites for hydroxylation is 2. The molecule has 0 fully saturated rings. The van der Waals surface area contributed by atoms with Crippen LogP contribution in [0.1, 0.15) is 41.8 Å². The molecule has 154 valence electrons. The summed E-state index contributed by atoms with van der Waals surface area (Å²) >= 11 is 5.88. The van der Waals surface area contributed by atoms with Gasteiger partial charge in [-0.05, 0) is 68.7 Å². The Morgan fingerprint density at radius 1 is 1.14 bits per heavy atom. The standard InChI is InChI=1S/C22H24ClFN2O3/c1-5-16-12-25(21(27)15-7-8-18(24)17(23)11-15)19-9-13(3)14(4)10-20(19)26(16)22(28)29-6-2/h7-11,16H,5-6,12H2,1-4H3. The number of rotatable bonds is 3. The molecule has 2 aromatic rings. The normalized spacial score (nSPS) is 15.9. The summed E-state index contributed by atoms with van der Waals surface area (Å²) in [5.41, 5.74) is 3.55. The Morgan fingerprint density at radius 2 is 1.79 bits per heavy atom. The van der Waals surface area contributed by atoms with Gasteiger partial charge in [-0.15, -0.1) is 0 Å². The van der Waals surface area contributed by atoms with E-state index in [0.717, 1.165) is 11.1 Å². The summed E-state index contributed by atoms with van der Waals surface area (Å²) in [6.45, 7) is 8.20. The fraction of sp³-hybridized carbons (Fsp3) is 0.364. The average Bonchev–Trinajstić information content (AvgIpc) is 2.69. The lowest BCUT2D eigenvalue weighted by molar-refractivity contribution is 0.0981. The van der Waals surface area contributed by atoms with Crippen molar-refractivity contribution in [1.82, 2.24) is 0 Å². The van der Waals surface area contributed by atoms with Crippen molar-refractivity contribution in [3.8, 4) is 0 Å². The molecule has 0 aliphatic carbocycles. The summed E-state index contributed by atoms with van der Waals surface area (Å²) in [6.07, 6.45) is 0.208. The summed E-state index contributed by atoms with van der Waals surface area (Å²) < 4.78 is 18.8. The van der Waals surface area contributed by atoms with Crippen molar-refractivity contribution in [1.29, 1.82) is 0 Å². The van der Waals surface area contributed by atoms with Crippen LogP contribution in [-0.4, -0.2) is 31.2 Å². The van der Waals surface area contributed by atoms with E-state index >= 15 is 0 Å². The third-order valence-electron chi connectivity index (χ3n) is 5.25. The lowest BCUT2D eigenvalue weighted by Crippen LogP contribution is -2.53. The zero-order chi connectivity index (χ0) is 21.3. The second kappa shape index (κ2) is 8.41. The Morgan fingerprint density at radius 3 is 2.38 bits per heavy atom. The highest BCUT2D eigenvalue weighted by atomic mass is 35.5. The maximum Gasteiger partial charge on any atom is 0.414 e. The summed E-state index contributed by atoms with van der Waals surface area (Å²) in [7, 11) is 0. The first kappa shape index (κ1) is 21.1. The van der Waals surface area contributed by atoms with Crippen molar-refractivity contribution in [2.45, 2.75) is 40.2 Å². The van der Waals surface area contributed by atoms with Crippen LogP contribution < -0.4 is 9.80 Å². The van der Waals surface area contributed by atoms with Gasteiger partial charge >= 0.3 is 6.09 Å². The minimum absolute atomic E-state index is 0.103. The Kier molecular flexibility index (Phi) is 6.13. The van der Waals surface area contributed by atoms with Gasteiger partial charge in [0.15, 0.2) is 0 Å². The van der Waals surface area contributed by atoms with Crippen LogP contribution in [0.2, 0.25) is 5.02 Å². The van der Waals surface area contributed by atoms with E-state index in [0.29, 0.717) is 29.9 Å². The first-order valence-corrected chi connectivity index (χ1v) is 10.00. The number of benzene rings is 2. The number of nitrogens with zero attached hydrogens (tertiary/aromatic N) is 2. The van der Waals surface area contributed by atoms with Crippen LogP contribution >= 0.6 is 11.6 Å². The lowest BCUT2D eigenvalue weighted by atomic mass is 9.99. The maximum atomic E-state index is 13.6. The molecule has 1 heterocycles. The number of carbonyl (C=O) groups is 2. The van der Waals surface area contributed by atoms with E-state index in [1.54, 1.807) is 16.7 Å². The maximum absolute atomic E-state index is 13.6. The predicted octanol–water partition coefficient (Wildman–Crippen LogP) is 5.50. The highest BCUT2D eigenvalue weighted by molar-refractivity contribution is 6.31. The summed E-state index contributed by atoms with van der Waals surface area (Å²) in [5.74, 6) is -0.869. The highest BCUT2D eigenvalue weighted by Gasteiger charge is 2.37. The smallest absolute Gasteiger partial charge is 0.414 e. The van der Waals surface area contributed by atoms with Gasteiger partial charge in [-0.25, -0.2) is 9.18 Å². The molecule has 5 nitrogen and oxygen atoms in total. The quantitative estimate of drug-likeness (QED) is 0.661. The van der Waals surface area contributed by atoms with Crippen LogP contribution in [0.15, 0.2) is 30.3 Å². The van der Waals surface area contributed by atoms with Gasteiger partial charge in [0.1, 0.15) is 5.82 Å². The molecule has 2 amide bonds. The number of fused-ring (bicyclic) bond motifs is 1. The third-order valence-corrected chi connectivity index (χ3v) is 5.54. The Hall–Kier alpha value is -2.60. The molecule has 29 heavy (non-hydrogen) atoms. The first-order chi connectivity index (χ1) is 13.8. The Balaban J connectivity index is 2.12. The Labute approximate surface area is 175 Å². The summed E-state index contributed by atoms with van der Waals surface area (Å²) in [6, 6.07) is 7.49. The molecule has 0 saturated heterocycles. The third kappa shape index (κ3) is 3.94. The minimum atomic E-state index is -0.575.